The molecule has 2 heterocycles. The molecule has 1 aliphatic rings. The van der Waals surface area contributed by atoms with E-state index in [4.69, 9.17) is 13.9 Å². The monoisotopic (exact) mass is 460 g/mol. The highest BCUT2D eigenvalue weighted by Crippen LogP contribution is 2.38. The third kappa shape index (κ3) is 4.09. The van der Waals surface area contributed by atoms with Crippen molar-refractivity contribution in [1.82, 2.24) is 0 Å². The van der Waals surface area contributed by atoms with Crippen LogP contribution < -0.4 is 10.2 Å². The van der Waals surface area contributed by atoms with Gasteiger partial charge in [0.1, 0.15) is 34.3 Å². The van der Waals surface area contributed by atoms with Gasteiger partial charge in [0.15, 0.2) is 5.76 Å². The molecular weight excluding hydrogens is 436 g/mol. The van der Waals surface area contributed by atoms with E-state index in [-0.39, 0.29) is 28.2 Å². The van der Waals surface area contributed by atoms with Gasteiger partial charge in [-0.2, -0.15) is 0 Å². The summed E-state index contributed by atoms with van der Waals surface area (Å²) in [5, 5.41) is 60.1. The van der Waals surface area contributed by atoms with E-state index in [1.54, 1.807) is 6.92 Å². The molecule has 4 rings (SSSR count). The minimum Gasteiger partial charge on any atom is -0.508 e. The highest BCUT2D eigenvalue weighted by molar-refractivity contribution is 5.88. The van der Waals surface area contributed by atoms with Gasteiger partial charge >= 0.3 is 0 Å². The summed E-state index contributed by atoms with van der Waals surface area (Å²) in [7, 11) is 0. The van der Waals surface area contributed by atoms with Gasteiger partial charge in [-0.3, -0.25) is 4.79 Å². The zero-order chi connectivity index (χ0) is 23.9. The molecular formula is C23H24O10. The number of aliphatic hydroxyl groups is 3. The Balaban J connectivity index is 1.87. The van der Waals surface area contributed by atoms with Crippen LogP contribution in [0.3, 0.4) is 0 Å². The molecule has 0 amide bonds. The Hall–Kier alpha value is -3.31. The number of benzene rings is 2. The lowest BCUT2D eigenvalue weighted by Gasteiger charge is -2.41. The summed E-state index contributed by atoms with van der Waals surface area (Å²) in [6.45, 7) is 1.33. The summed E-state index contributed by atoms with van der Waals surface area (Å²) in [5.41, 5.74) is -0.641. The first-order valence-electron chi connectivity index (χ1n) is 10.4. The first kappa shape index (κ1) is 22.9. The van der Waals surface area contributed by atoms with Gasteiger partial charge in [0.2, 0.25) is 17.5 Å². The summed E-state index contributed by atoms with van der Waals surface area (Å²) in [4.78, 5) is 13.3. The van der Waals surface area contributed by atoms with Crippen LogP contribution in [0.5, 0.6) is 23.0 Å². The molecule has 1 fully saturated rings. The lowest BCUT2D eigenvalue weighted by Crippen LogP contribution is -2.57. The fourth-order valence-corrected chi connectivity index (χ4v) is 4.06. The zero-order valence-electron chi connectivity index (χ0n) is 17.6. The second-order valence-corrected chi connectivity index (χ2v) is 7.87. The maximum absolute atomic E-state index is 13.3. The topological polar surface area (TPSA) is 170 Å². The average Bonchev–Trinajstić information content (AvgIpc) is 2.78. The molecule has 1 aromatic heterocycles. The van der Waals surface area contributed by atoms with Crippen LogP contribution in [-0.2, 0) is 4.74 Å². The first-order valence-corrected chi connectivity index (χ1v) is 10.4. The fraction of sp³-hybridized carbons (Fsp3) is 0.348. The third-order valence-corrected chi connectivity index (χ3v) is 5.79. The van der Waals surface area contributed by atoms with Gasteiger partial charge in [-0.15, -0.1) is 0 Å². The number of ether oxygens (including phenoxy) is 2. The fourth-order valence-electron chi connectivity index (χ4n) is 4.06. The van der Waals surface area contributed by atoms with Crippen molar-refractivity contribution in [3.8, 4) is 34.3 Å². The zero-order valence-corrected chi connectivity index (χ0v) is 17.6. The summed E-state index contributed by atoms with van der Waals surface area (Å²) in [6.07, 6.45) is -4.80. The molecule has 3 aromatic rings. The van der Waals surface area contributed by atoms with Gasteiger partial charge in [0.25, 0.3) is 0 Å². The number of fused-ring (bicyclic) bond motifs is 1. The number of phenolic OH excluding ortho intramolecular Hbond substituents is 3. The largest absolute Gasteiger partial charge is 0.508 e. The van der Waals surface area contributed by atoms with Gasteiger partial charge in [0.05, 0.1) is 18.8 Å². The summed E-state index contributed by atoms with van der Waals surface area (Å²) < 4.78 is 17.1. The van der Waals surface area contributed by atoms with E-state index in [1.165, 1.54) is 24.3 Å². The Morgan fingerprint density at radius 2 is 1.70 bits per heavy atom. The quantitative estimate of drug-likeness (QED) is 0.327. The van der Waals surface area contributed by atoms with Gasteiger partial charge in [-0.1, -0.05) is 6.92 Å². The standard InChI is InChI=1S/C23H24O10/c1-2-13-16(9-24)32-23(20(30)18(13)28)33-22-19(29)17-14(27)7-12(26)8-15(17)31-21(22)10-3-5-11(25)6-4-10/h3-8,13,16,18,20,23-28,30H,2,9H2,1H3/t13?,16?,18?,20-,23?/m1/s1. The Morgan fingerprint density at radius 1 is 1.00 bits per heavy atom. The maximum atomic E-state index is 13.3. The van der Waals surface area contributed by atoms with Crippen molar-refractivity contribution in [2.45, 2.75) is 37.9 Å². The molecule has 0 saturated carbocycles. The molecule has 4 unspecified atom stereocenters. The summed E-state index contributed by atoms with van der Waals surface area (Å²) >= 11 is 0. The molecule has 0 aliphatic carbocycles. The Bertz CT molecular complexity index is 1200. The normalized spacial score (nSPS) is 25.3. The second kappa shape index (κ2) is 8.91. The number of hydrogen-bond acceptors (Lipinski definition) is 10. The van der Waals surface area contributed by atoms with E-state index in [0.29, 0.717) is 12.0 Å². The number of phenols is 3. The van der Waals surface area contributed by atoms with Crippen LogP contribution in [0, 0.1) is 5.92 Å². The van der Waals surface area contributed by atoms with E-state index in [9.17, 15) is 35.4 Å². The van der Waals surface area contributed by atoms with Gasteiger partial charge < -0.3 is 44.5 Å². The van der Waals surface area contributed by atoms with E-state index in [0.717, 1.165) is 12.1 Å². The van der Waals surface area contributed by atoms with Crippen LogP contribution in [0.2, 0.25) is 0 Å². The molecule has 0 spiro atoms. The third-order valence-electron chi connectivity index (χ3n) is 5.79. The molecule has 1 aliphatic heterocycles. The lowest BCUT2D eigenvalue weighted by atomic mass is 9.87. The minimum absolute atomic E-state index is 0.0369. The predicted molar refractivity (Wildman–Crippen MR) is 115 cm³/mol. The van der Waals surface area contributed by atoms with Crippen LogP contribution in [-0.4, -0.2) is 61.8 Å². The average molecular weight is 460 g/mol. The minimum atomic E-state index is -1.55. The summed E-state index contributed by atoms with van der Waals surface area (Å²) in [5.74, 6) is -2.03. The van der Waals surface area contributed by atoms with Crippen molar-refractivity contribution in [2.24, 2.45) is 5.92 Å². The molecule has 0 bridgehead atoms. The smallest absolute Gasteiger partial charge is 0.239 e. The lowest BCUT2D eigenvalue weighted by molar-refractivity contribution is -0.264. The molecule has 0 radical (unpaired) electrons. The van der Waals surface area contributed by atoms with E-state index >= 15 is 0 Å². The van der Waals surface area contributed by atoms with Crippen LogP contribution in [0.15, 0.2) is 45.6 Å². The van der Waals surface area contributed by atoms with Crippen LogP contribution in [0.4, 0.5) is 0 Å². The van der Waals surface area contributed by atoms with Gasteiger partial charge in [-0.05, 0) is 30.7 Å². The highest BCUT2D eigenvalue weighted by atomic mass is 16.7. The van der Waals surface area contributed by atoms with E-state index in [2.05, 4.69) is 0 Å². The molecule has 6 N–H and O–H groups in total. The molecule has 33 heavy (non-hydrogen) atoms. The van der Waals surface area contributed by atoms with Crippen molar-refractivity contribution in [3.05, 3.63) is 46.6 Å². The Morgan fingerprint density at radius 3 is 2.33 bits per heavy atom. The summed E-state index contributed by atoms with van der Waals surface area (Å²) in [6, 6.07) is 7.72. The van der Waals surface area contributed by atoms with Crippen molar-refractivity contribution in [1.29, 1.82) is 0 Å². The van der Waals surface area contributed by atoms with Gasteiger partial charge in [-0.25, -0.2) is 0 Å². The van der Waals surface area contributed by atoms with Crippen LogP contribution in [0.1, 0.15) is 13.3 Å². The number of aromatic hydroxyl groups is 3. The SMILES string of the molecule is CCC1C(CO)OC(Oc2c(-c3ccc(O)cc3)oc3cc(O)cc(O)c3c2=O)[C@H](O)C1O. The Kier molecular flexibility index (Phi) is 6.17. The number of rotatable bonds is 5. The van der Waals surface area contributed by atoms with E-state index in [1.807, 2.05) is 0 Å². The van der Waals surface area contributed by atoms with Crippen LogP contribution in [0.25, 0.3) is 22.3 Å². The molecule has 5 atom stereocenters. The molecule has 10 heteroatoms. The van der Waals surface area contributed by atoms with Crippen molar-refractivity contribution in [3.63, 3.8) is 0 Å². The van der Waals surface area contributed by atoms with E-state index < -0.39 is 54.1 Å². The molecule has 176 valence electrons. The number of aliphatic hydroxyl groups excluding tert-OH is 3. The van der Waals surface area contributed by atoms with Crippen LogP contribution >= 0.6 is 0 Å². The maximum Gasteiger partial charge on any atom is 0.239 e. The van der Waals surface area contributed by atoms with Crippen molar-refractivity contribution >= 4 is 11.0 Å². The number of hydrogen-bond donors (Lipinski definition) is 6. The van der Waals surface area contributed by atoms with Gasteiger partial charge in [0, 0.05) is 23.6 Å². The molecule has 2 aromatic carbocycles. The second-order valence-electron chi connectivity index (χ2n) is 7.87. The Labute approximate surface area is 187 Å². The highest BCUT2D eigenvalue weighted by Gasteiger charge is 2.45. The van der Waals surface area contributed by atoms with Crippen molar-refractivity contribution < 1.29 is 44.5 Å². The first-order chi connectivity index (χ1) is 15.7. The van der Waals surface area contributed by atoms with Crippen molar-refractivity contribution in [2.75, 3.05) is 6.61 Å². The molecule has 1 saturated heterocycles. The predicted octanol–water partition coefficient (Wildman–Crippen LogP) is 1.42. The molecule has 10 nitrogen and oxygen atoms in total.